The normalized spacial score (nSPS) is 11.6. The van der Waals surface area contributed by atoms with E-state index in [-0.39, 0.29) is 0 Å². The molecule has 2 rings (SSSR count). The molecule has 0 aliphatic rings. The van der Waals surface area contributed by atoms with Crippen LogP contribution in [0.4, 0.5) is 0 Å². The van der Waals surface area contributed by atoms with Gasteiger partial charge in [-0.15, -0.1) is 0 Å². The van der Waals surface area contributed by atoms with Gasteiger partial charge in [0.2, 0.25) is 0 Å². The summed E-state index contributed by atoms with van der Waals surface area (Å²) >= 11 is 0. The molecule has 2 heteroatoms. The molecular weight excluding hydrogens is 208 g/mol. The molecule has 0 aliphatic heterocycles. The van der Waals surface area contributed by atoms with Crippen LogP contribution in [0, 0.1) is 6.92 Å². The summed E-state index contributed by atoms with van der Waals surface area (Å²) in [6.45, 7) is 7.39. The molecule has 0 radical (unpaired) electrons. The second kappa shape index (κ2) is 4.53. The Morgan fingerprint density at radius 2 is 2.00 bits per heavy atom. The monoisotopic (exact) mass is 230 g/mol. The van der Waals surface area contributed by atoms with Crippen LogP contribution in [-0.2, 0) is 13.5 Å². The lowest BCUT2D eigenvalue weighted by molar-refractivity contribution is 0.819. The van der Waals surface area contributed by atoms with Gasteiger partial charge in [-0.05, 0) is 42.6 Å². The number of hydrogen-bond acceptors (Lipinski definition) is 1. The molecule has 0 amide bonds. The summed E-state index contributed by atoms with van der Waals surface area (Å²) in [5, 5.41) is 1.38. The van der Waals surface area contributed by atoms with Crippen molar-refractivity contribution in [1.82, 2.24) is 4.57 Å². The van der Waals surface area contributed by atoms with Crippen LogP contribution in [0.2, 0.25) is 0 Å². The lowest BCUT2D eigenvalue weighted by atomic mass is 10.0. The molecule has 1 heterocycles. The maximum absolute atomic E-state index is 5.68. The second-order valence-corrected chi connectivity index (χ2v) is 5.10. The van der Waals surface area contributed by atoms with Gasteiger partial charge in [-0.1, -0.05) is 19.9 Å². The van der Waals surface area contributed by atoms with Crippen molar-refractivity contribution in [3.63, 3.8) is 0 Å². The van der Waals surface area contributed by atoms with E-state index < -0.39 is 0 Å². The fraction of sp³-hybridized carbons (Fsp3) is 0.467. The SMILES string of the molecule is Cc1c(CCN)n(C)c2ccc(C(C)C)cc12. The van der Waals surface area contributed by atoms with Crippen LogP contribution < -0.4 is 5.73 Å². The van der Waals surface area contributed by atoms with Crippen molar-refractivity contribution in [2.45, 2.75) is 33.1 Å². The van der Waals surface area contributed by atoms with Crippen LogP contribution in [0.1, 0.15) is 36.6 Å². The molecule has 17 heavy (non-hydrogen) atoms. The van der Waals surface area contributed by atoms with Crippen LogP contribution in [0.15, 0.2) is 18.2 Å². The maximum atomic E-state index is 5.68. The first-order valence-corrected chi connectivity index (χ1v) is 6.34. The summed E-state index contributed by atoms with van der Waals surface area (Å²) in [4.78, 5) is 0. The van der Waals surface area contributed by atoms with Crippen LogP contribution in [0.5, 0.6) is 0 Å². The van der Waals surface area contributed by atoms with E-state index in [2.05, 4.69) is 50.6 Å². The molecule has 0 spiro atoms. The quantitative estimate of drug-likeness (QED) is 0.863. The molecule has 2 N–H and O–H groups in total. The lowest BCUT2D eigenvalue weighted by Gasteiger charge is -2.06. The number of benzene rings is 1. The van der Waals surface area contributed by atoms with E-state index in [1.54, 1.807) is 0 Å². The van der Waals surface area contributed by atoms with Crippen LogP contribution in [0.3, 0.4) is 0 Å². The van der Waals surface area contributed by atoms with E-state index in [0.29, 0.717) is 12.5 Å². The van der Waals surface area contributed by atoms with Gasteiger partial charge in [0.1, 0.15) is 0 Å². The highest BCUT2D eigenvalue weighted by molar-refractivity contribution is 5.86. The third kappa shape index (κ3) is 1.98. The molecule has 2 nitrogen and oxygen atoms in total. The van der Waals surface area contributed by atoms with Crippen molar-refractivity contribution in [1.29, 1.82) is 0 Å². The highest BCUT2D eigenvalue weighted by Gasteiger charge is 2.12. The van der Waals surface area contributed by atoms with Gasteiger partial charge >= 0.3 is 0 Å². The number of hydrogen-bond donors (Lipinski definition) is 1. The zero-order valence-corrected chi connectivity index (χ0v) is 11.2. The zero-order valence-electron chi connectivity index (χ0n) is 11.2. The molecule has 0 unspecified atom stereocenters. The fourth-order valence-electron chi connectivity index (χ4n) is 2.55. The molecule has 1 aromatic heterocycles. The van der Waals surface area contributed by atoms with Gasteiger partial charge in [0, 0.05) is 30.1 Å². The highest BCUT2D eigenvalue weighted by atomic mass is 14.9. The van der Waals surface area contributed by atoms with Gasteiger partial charge in [-0.3, -0.25) is 0 Å². The third-order valence-corrected chi connectivity index (χ3v) is 3.67. The summed E-state index contributed by atoms with van der Waals surface area (Å²) < 4.78 is 2.28. The number of fused-ring (bicyclic) bond motifs is 1. The smallest absolute Gasteiger partial charge is 0.0482 e. The first kappa shape index (κ1) is 12.2. The van der Waals surface area contributed by atoms with E-state index in [1.165, 1.54) is 27.7 Å². The largest absolute Gasteiger partial charge is 0.347 e. The topological polar surface area (TPSA) is 30.9 Å². The predicted molar refractivity (Wildman–Crippen MR) is 74.5 cm³/mol. The fourth-order valence-corrected chi connectivity index (χ4v) is 2.55. The van der Waals surface area contributed by atoms with E-state index in [9.17, 15) is 0 Å². The third-order valence-electron chi connectivity index (χ3n) is 3.67. The average molecular weight is 230 g/mol. The number of nitrogens with two attached hydrogens (primary N) is 1. The molecule has 1 aromatic carbocycles. The Labute approximate surface area is 103 Å². The van der Waals surface area contributed by atoms with E-state index in [0.717, 1.165) is 6.42 Å². The first-order valence-electron chi connectivity index (χ1n) is 6.34. The second-order valence-electron chi connectivity index (χ2n) is 5.10. The lowest BCUT2D eigenvalue weighted by Crippen LogP contribution is -2.07. The molecule has 0 atom stereocenters. The summed E-state index contributed by atoms with van der Waals surface area (Å²) in [6, 6.07) is 6.80. The molecule has 0 fully saturated rings. The van der Waals surface area contributed by atoms with Crippen molar-refractivity contribution in [3.8, 4) is 0 Å². The van der Waals surface area contributed by atoms with Crippen molar-refractivity contribution in [2.75, 3.05) is 6.54 Å². The Bertz CT molecular complexity index is 535. The van der Waals surface area contributed by atoms with E-state index in [4.69, 9.17) is 5.73 Å². The van der Waals surface area contributed by atoms with Crippen molar-refractivity contribution in [3.05, 3.63) is 35.0 Å². The van der Waals surface area contributed by atoms with E-state index in [1.807, 2.05) is 0 Å². The number of aromatic nitrogens is 1. The van der Waals surface area contributed by atoms with Gasteiger partial charge in [0.25, 0.3) is 0 Å². The van der Waals surface area contributed by atoms with Crippen molar-refractivity contribution in [2.24, 2.45) is 12.8 Å². The number of nitrogens with zero attached hydrogens (tertiary/aromatic N) is 1. The maximum Gasteiger partial charge on any atom is 0.0482 e. The molecule has 0 aliphatic carbocycles. The minimum Gasteiger partial charge on any atom is -0.347 e. The summed E-state index contributed by atoms with van der Waals surface area (Å²) in [7, 11) is 2.13. The van der Waals surface area contributed by atoms with E-state index >= 15 is 0 Å². The van der Waals surface area contributed by atoms with Crippen LogP contribution in [-0.4, -0.2) is 11.1 Å². The average Bonchev–Trinajstić information content (AvgIpc) is 2.54. The van der Waals surface area contributed by atoms with Crippen LogP contribution >= 0.6 is 0 Å². The predicted octanol–water partition coefficient (Wildman–Crippen LogP) is 3.11. The zero-order chi connectivity index (χ0) is 12.6. The minimum absolute atomic E-state index is 0.581. The number of rotatable bonds is 3. The van der Waals surface area contributed by atoms with Gasteiger partial charge in [0.15, 0.2) is 0 Å². The Balaban J connectivity index is 2.66. The number of aryl methyl sites for hydroxylation is 2. The Hall–Kier alpha value is -1.28. The molecule has 0 saturated carbocycles. The highest BCUT2D eigenvalue weighted by Crippen LogP contribution is 2.28. The molecule has 2 aromatic rings. The minimum atomic E-state index is 0.581. The Morgan fingerprint density at radius 1 is 1.29 bits per heavy atom. The van der Waals surface area contributed by atoms with Gasteiger partial charge in [0.05, 0.1) is 0 Å². The summed E-state index contributed by atoms with van der Waals surface area (Å²) in [5.41, 5.74) is 11.2. The van der Waals surface area contributed by atoms with Crippen molar-refractivity contribution >= 4 is 10.9 Å². The van der Waals surface area contributed by atoms with Gasteiger partial charge in [-0.2, -0.15) is 0 Å². The van der Waals surface area contributed by atoms with Gasteiger partial charge < -0.3 is 10.3 Å². The van der Waals surface area contributed by atoms with Crippen LogP contribution in [0.25, 0.3) is 10.9 Å². The van der Waals surface area contributed by atoms with Gasteiger partial charge in [-0.25, -0.2) is 0 Å². The molecular formula is C15H22N2. The molecule has 0 saturated heterocycles. The Morgan fingerprint density at radius 3 is 2.59 bits per heavy atom. The molecule has 0 bridgehead atoms. The first-order chi connectivity index (χ1) is 8.06. The summed E-state index contributed by atoms with van der Waals surface area (Å²) in [5.74, 6) is 0.581. The Kier molecular flexibility index (Phi) is 3.25. The summed E-state index contributed by atoms with van der Waals surface area (Å²) in [6.07, 6.45) is 0.952. The standard InChI is InChI=1S/C15H22N2/c1-10(2)12-5-6-15-13(9-12)11(3)14(7-8-16)17(15)4/h5-6,9-10H,7-8,16H2,1-4H3. The van der Waals surface area contributed by atoms with Crippen molar-refractivity contribution < 1.29 is 0 Å². The molecule has 92 valence electrons.